The maximum Gasteiger partial charge on any atom is 0.225 e. The van der Waals surface area contributed by atoms with E-state index in [2.05, 4.69) is 15.5 Å². The molecule has 0 unspecified atom stereocenters. The summed E-state index contributed by atoms with van der Waals surface area (Å²) in [4.78, 5) is 12.0. The summed E-state index contributed by atoms with van der Waals surface area (Å²) >= 11 is 9.10. The molecule has 2 rings (SSSR count). The number of aromatic nitrogens is 2. The molecular formula is C14H16ClN3O2S2. The van der Waals surface area contributed by atoms with Crippen LogP contribution in [0, 0.1) is 13.8 Å². The molecule has 1 amide bonds. The molecule has 22 heavy (non-hydrogen) atoms. The van der Waals surface area contributed by atoms with E-state index in [1.807, 2.05) is 13.8 Å². The number of rotatable bonds is 6. The highest BCUT2D eigenvalue weighted by Crippen LogP contribution is 2.31. The van der Waals surface area contributed by atoms with E-state index in [4.69, 9.17) is 16.3 Å². The van der Waals surface area contributed by atoms with Crippen molar-refractivity contribution in [2.45, 2.75) is 24.6 Å². The van der Waals surface area contributed by atoms with Crippen LogP contribution in [0.3, 0.4) is 0 Å². The standard InChI is InChI=1S/C14H16ClN3O2S2/c1-8-6-11(12(20-3)7-10(8)15)16-13(19)4-5-21-14-18-17-9(2)22-14/h6-7H,4-5H2,1-3H3,(H,16,19). The first kappa shape index (κ1) is 17.1. The number of nitrogens with zero attached hydrogens (tertiary/aromatic N) is 2. The van der Waals surface area contributed by atoms with Gasteiger partial charge in [0.2, 0.25) is 5.91 Å². The number of carbonyl (C=O) groups excluding carboxylic acids is 1. The Bertz CT molecular complexity index is 676. The number of hydrogen-bond acceptors (Lipinski definition) is 6. The van der Waals surface area contributed by atoms with Crippen molar-refractivity contribution >= 4 is 46.3 Å². The fraction of sp³-hybridized carbons (Fsp3) is 0.357. The minimum Gasteiger partial charge on any atom is -0.495 e. The number of methoxy groups -OCH3 is 1. The Morgan fingerprint density at radius 1 is 1.41 bits per heavy atom. The Hall–Kier alpha value is -1.31. The average molecular weight is 358 g/mol. The molecule has 118 valence electrons. The van der Waals surface area contributed by atoms with Crippen LogP contribution >= 0.6 is 34.7 Å². The Labute approximate surface area is 142 Å². The molecule has 5 nitrogen and oxygen atoms in total. The number of carbonyl (C=O) groups is 1. The van der Waals surface area contributed by atoms with E-state index in [9.17, 15) is 4.79 Å². The van der Waals surface area contributed by atoms with Gasteiger partial charge in [-0.1, -0.05) is 34.7 Å². The van der Waals surface area contributed by atoms with Crippen LogP contribution in [0.1, 0.15) is 17.0 Å². The highest BCUT2D eigenvalue weighted by atomic mass is 35.5. The van der Waals surface area contributed by atoms with Crippen LogP contribution in [0.4, 0.5) is 5.69 Å². The summed E-state index contributed by atoms with van der Waals surface area (Å²) in [6, 6.07) is 3.51. The summed E-state index contributed by atoms with van der Waals surface area (Å²) < 4.78 is 6.12. The number of halogens is 1. The second kappa shape index (κ2) is 7.80. The third-order valence-electron chi connectivity index (χ3n) is 2.82. The van der Waals surface area contributed by atoms with Gasteiger partial charge in [-0.15, -0.1) is 10.2 Å². The van der Waals surface area contributed by atoms with E-state index in [0.717, 1.165) is 14.9 Å². The number of anilines is 1. The highest BCUT2D eigenvalue weighted by molar-refractivity contribution is 8.01. The second-order valence-electron chi connectivity index (χ2n) is 4.54. The van der Waals surface area contributed by atoms with Crippen molar-refractivity contribution in [1.82, 2.24) is 10.2 Å². The largest absolute Gasteiger partial charge is 0.495 e. The molecule has 1 N–H and O–H groups in total. The third-order valence-corrected chi connectivity index (χ3v) is 5.20. The maximum atomic E-state index is 12.0. The molecule has 0 radical (unpaired) electrons. The van der Waals surface area contributed by atoms with Crippen LogP contribution in [0.2, 0.25) is 5.02 Å². The molecular weight excluding hydrogens is 342 g/mol. The highest BCUT2D eigenvalue weighted by Gasteiger charge is 2.11. The van der Waals surface area contributed by atoms with Crippen LogP contribution in [0.25, 0.3) is 0 Å². The summed E-state index contributed by atoms with van der Waals surface area (Å²) in [5, 5.41) is 12.3. The van der Waals surface area contributed by atoms with Gasteiger partial charge in [0, 0.05) is 23.3 Å². The van der Waals surface area contributed by atoms with Crippen molar-refractivity contribution in [3.8, 4) is 5.75 Å². The van der Waals surface area contributed by atoms with Crippen LogP contribution in [-0.2, 0) is 4.79 Å². The van der Waals surface area contributed by atoms with Gasteiger partial charge in [-0.2, -0.15) is 0 Å². The van der Waals surface area contributed by atoms with Gasteiger partial charge in [-0.25, -0.2) is 0 Å². The number of nitrogens with one attached hydrogen (secondary N) is 1. The first-order valence-corrected chi connectivity index (χ1v) is 8.74. The van der Waals surface area contributed by atoms with Gasteiger partial charge in [0.05, 0.1) is 12.8 Å². The molecule has 2 aromatic rings. The molecule has 8 heteroatoms. The molecule has 0 saturated heterocycles. The van der Waals surface area contributed by atoms with Gasteiger partial charge in [-0.3, -0.25) is 4.79 Å². The first-order chi connectivity index (χ1) is 10.5. The first-order valence-electron chi connectivity index (χ1n) is 6.56. The topological polar surface area (TPSA) is 64.1 Å². The number of thioether (sulfide) groups is 1. The molecule has 1 heterocycles. The summed E-state index contributed by atoms with van der Waals surface area (Å²) in [5.74, 6) is 1.13. The molecule has 0 aliphatic heterocycles. The van der Waals surface area contributed by atoms with E-state index < -0.39 is 0 Å². The quantitative estimate of drug-likeness (QED) is 0.793. The van der Waals surface area contributed by atoms with Gasteiger partial charge in [0.15, 0.2) is 4.34 Å². The average Bonchev–Trinajstić information content (AvgIpc) is 2.88. The fourth-order valence-corrected chi connectivity index (χ4v) is 3.69. The Morgan fingerprint density at radius 3 is 2.82 bits per heavy atom. The predicted molar refractivity (Wildman–Crippen MR) is 91.4 cm³/mol. The molecule has 0 atom stereocenters. The number of benzene rings is 1. The van der Waals surface area contributed by atoms with E-state index >= 15 is 0 Å². The van der Waals surface area contributed by atoms with E-state index in [0.29, 0.717) is 28.6 Å². The Morgan fingerprint density at radius 2 is 2.18 bits per heavy atom. The lowest BCUT2D eigenvalue weighted by Gasteiger charge is -2.12. The maximum absolute atomic E-state index is 12.0. The predicted octanol–water partition coefficient (Wildman–Crippen LogP) is 3.94. The van der Waals surface area contributed by atoms with Crippen molar-refractivity contribution in [3.63, 3.8) is 0 Å². The van der Waals surface area contributed by atoms with Gasteiger partial charge in [0.1, 0.15) is 10.8 Å². The lowest BCUT2D eigenvalue weighted by Crippen LogP contribution is -2.13. The number of ether oxygens (including phenoxy) is 1. The molecule has 0 saturated carbocycles. The lowest BCUT2D eigenvalue weighted by molar-refractivity contribution is -0.115. The minimum atomic E-state index is -0.0752. The lowest BCUT2D eigenvalue weighted by atomic mass is 10.2. The number of aryl methyl sites for hydroxylation is 2. The molecule has 0 spiro atoms. The SMILES string of the molecule is COc1cc(Cl)c(C)cc1NC(=O)CCSc1nnc(C)s1. The van der Waals surface area contributed by atoms with Crippen LogP contribution in [-0.4, -0.2) is 29.0 Å². The summed E-state index contributed by atoms with van der Waals surface area (Å²) in [7, 11) is 1.55. The van der Waals surface area contributed by atoms with Crippen LogP contribution in [0.15, 0.2) is 16.5 Å². The van der Waals surface area contributed by atoms with Crippen LogP contribution < -0.4 is 10.1 Å². The molecule has 0 bridgehead atoms. The van der Waals surface area contributed by atoms with E-state index in [1.165, 1.54) is 23.1 Å². The smallest absolute Gasteiger partial charge is 0.225 e. The zero-order valence-electron chi connectivity index (χ0n) is 12.5. The van der Waals surface area contributed by atoms with Crippen LogP contribution in [0.5, 0.6) is 5.75 Å². The van der Waals surface area contributed by atoms with Crippen molar-refractivity contribution in [3.05, 3.63) is 27.7 Å². The van der Waals surface area contributed by atoms with Gasteiger partial charge >= 0.3 is 0 Å². The second-order valence-corrected chi connectivity index (χ2v) is 7.47. The molecule has 1 aromatic heterocycles. The molecule has 0 fully saturated rings. The van der Waals surface area contributed by atoms with Gasteiger partial charge in [0.25, 0.3) is 0 Å². The summed E-state index contributed by atoms with van der Waals surface area (Å²) in [6.07, 6.45) is 0.383. The van der Waals surface area contributed by atoms with E-state index in [-0.39, 0.29) is 5.91 Å². The molecule has 0 aliphatic carbocycles. The van der Waals surface area contributed by atoms with Crippen molar-refractivity contribution < 1.29 is 9.53 Å². The van der Waals surface area contributed by atoms with Crippen molar-refractivity contribution in [2.75, 3.05) is 18.2 Å². The number of amides is 1. The Balaban J connectivity index is 1.90. The monoisotopic (exact) mass is 357 g/mol. The molecule has 1 aromatic carbocycles. The summed E-state index contributed by atoms with van der Waals surface area (Å²) in [5.41, 5.74) is 1.52. The van der Waals surface area contributed by atoms with Crippen molar-refractivity contribution in [1.29, 1.82) is 0 Å². The van der Waals surface area contributed by atoms with Crippen molar-refractivity contribution in [2.24, 2.45) is 0 Å². The zero-order chi connectivity index (χ0) is 16.1. The third kappa shape index (κ3) is 4.59. The minimum absolute atomic E-state index is 0.0752. The number of hydrogen-bond donors (Lipinski definition) is 1. The zero-order valence-corrected chi connectivity index (χ0v) is 14.9. The van der Waals surface area contributed by atoms with Gasteiger partial charge < -0.3 is 10.1 Å². The summed E-state index contributed by atoms with van der Waals surface area (Å²) in [6.45, 7) is 3.79. The van der Waals surface area contributed by atoms with Gasteiger partial charge in [-0.05, 0) is 25.5 Å². The fourth-order valence-electron chi connectivity index (χ4n) is 1.71. The molecule has 0 aliphatic rings. The Kier molecular flexibility index (Phi) is 6.05. The normalized spacial score (nSPS) is 10.5. The van der Waals surface area contributed by atoms with E-state index in [1.54, 1.807) is 19.2 Å².